The predicted molar refractivity (Wildman–Crippen MR) is 55.9 cm³/mol. The highest BCUT2D eigenvalue weighted by atomic mass is 79.9. The molecule has 0 saturated heterocycles. The van der Waals surface area contributed by atoms with Gasteiger partial charge >= 0.3 is 0 Å². The van der Waals surface area contributed by atoms with Gasteiger partial charge in [-0.2, -0.15) is 0 Å². The van der Waals surface area contributed by atoms with Gasteiger partial charge in [-0.3, -0.25) is 0 Å². The molecule has 0 aliphatic heterocycles. The molecular weight excluding hydrogens is 216 g/mol. The minimum Gasteiger partial charge on any atom is -0.399 e. The van der Waals surface area contributed by atoms with E-state index in [0.29, 0.717) is 0 Å². The molecule has 0 saturated carbocycles. The van der Waals surface area contributed by atoms with E-state index in [4.69, 9.17) is 5.73 Å². The predicted octanol–water partition coefficient (Wildman–Crippen LogP) is 2.09. The zero-order chi connectivity index (χ0) is 9.14. The minimum atomic E-state index is 0.807. The van der Waals surface area contributed by atoms with Crippen molar-refractivity contribution in [1.82, 2.24) is 4.90 Å². The quantitative estimate of drug-likeness (QED) is 0.787. The maximum absolute atomic E-state index is 5.69. The summed E-state index contributed by atoms with van der Waals surface area (Å²) in [5.74, 6) is 0. The molecule has 2 N–H and O–H groups in total. The maximum atomic E-state index is 5.69. The molecule has 2 nitrogen and oxygen atoms in total. The first kappa shape index (κ1) is 9.55. The van der Waals surface area contributed by atoms with Crippen LogP contribution in [0, 0.1) is 0 Å². The second-order valence-corrected chi connectivity index (χ2v) is 4.05. The summed E-state index contributed by atoms with van der Waals surface area (Å²) >= 11 is 3.40. The van der Waals surface area contributed by atoms with Crippen LogP contribution < -0.4 is 5.73 Å². The van der Waals surface area contributed by atoms with E-state index in [1.165, 1.54) is 5.56 Å². The van der Waals surface area contributed by atoms with Crippen LogP contribution in [0.2, 0.25) is 0 Å². The fraction of sp³-hybridized carbons (Fsp3) is 0.333. The first-order chi connectivity index (χ1) is 5.58. The van der Waals surface area contributed by atoms with Crippen LogP contribution in [-0.2, 0) is 6.54 Å². The lowest BCUT2D eigenvalue weighted by atomic mass is 10.2. The Morgan fingerprint density at radius 3 is 2.50 bits per heavy atom. The van der Waals surface area contributed by atoms with E-state index in [1.807, 2.05) is 26.2 Å². The summed E-state index contributed by atoms with van der Waals surface area (Å²) in [5.41, 5.74) is 7.72. The molecule has 0 atom stereocenters. The third-order valence-corrected chi connectivity index (χ3v) is 1.94. The van der Waals surface area contributed by atoms with Crippen molar-refractivity contribution >= 4 is 21.6 Å². The van der Waals surface area contributed by atoms with E-state index >= 15 is 0 Å². The molecule has 1 rings (SSSR count). The van der Waals surface area contributed by atoms with Gasteiger partial charge in [-0.1, -0.05) is 15.9 Å². The van der Waals surface area contributed by atoms with Crippen molar-refractivity contribution in [1.29, 1.82) is 0 Å². The van der Waals surface area contributed by atoms with Gasteiger partial charge in [0.1, 0.15) is 0 Å². The molecule has 0 radical (unpaired) electrons. The largest absolute Gasteiger partial charge is 0.399 e. The first-order valence-electron chi connectivity index (χ1n) is 3.77. The number of anilines is 1. The molecule has 0 aromatic heterocycles. The van der Waals surface area contributed by atoms with Crippen molar-refractivity contribution in [2.75, 3.05) is 19.8 Å². The van der Waals surface area contributed by atoms with Gasteiger partial charge in [0.15, 0.2) is 0 Å². The van der Waals surface area contributed by atoms with Crippen LogP contribution in [0.3, 0.4) is 0 Å². The molecule has 0 amide bonds. The number of nitrogens with two attached hydrogens (primary N) is 1. The van der Waals surface area contributed by atoms with Gasteiger partial charge in [0, 0.05) is 16.7 Å². The summed E-state index contributed by atoms with van der Waals surface area (Å²) < 4.78 is 1.04. The van der Waals surface area contributed by atoms with Crippen LogP contribution in [0.25, 0.3) is 0 Å². The molecule has 0 fully saturated rings. The molecule has 0 heterocycles. The number of nitrogen functional groups attached to an aromatic ring is 1. The summed E-state index contributed by atoms with van der Waals surface area (Å²) in [4.78, 5) is 2.11. The third-order valence-electron chi connectivity index (χ3n) is 1.48. The van der Waals surface area contributed by atoms with Crippen molar-refractivity contribution in [3.05, 3.63) is 28.2 Å². The van der Waals surface area contributed by atoms with Gasteiger partial charge in [-0.05, 0) is 37.9 Å². The average molecular weight is 229 g/mol. The number of benzene rings is 1. The number of hydrogen-bond donors (Lipinski definition) is 1. The van der Waals surface area contributed by atoms with Crippen LogP contribution >= 0.6 is 15.9 Å². The highest BCUT2D eigenvalue weighted by Crippen LogP contribution is 2.17. The van der Waals surface area contributed by atoms with Gasteiger partial charge in [-0.15, -0.1) is 0 Å². The minimum absolute atomic E-state index is 0.807. The number of rotatable bonds is 2. The van der Waals surface area contributed by atoms with E-state index < -0.39 is 0 Å². The Kier molecular flexibility index (Phi) is 3.12. The van der Waals surface area contributed by atoms with Crippen LogP contribution in [0.1, 0.15) is 5.56 Å². The van der Waals surface area contributed by atoms with Crippen LogP contribution in [0.15, 0.2) is 22.7 Å². The lowest BCUT2D eigenvalue weighted by Gasteiger charge is -2.10. The zero-order valence-corrected chi connectivity index (χ0v) is 8.93. The Hall–Kier alpha value is -0.540. The number of halogens is 1. The molecule has 12 heavy (non-hydrogen) atoms. The van der Waals surface area contributed by atoms with Crippen LogP contribution in [0.4, 0.5) is 5.69 Å². The molecule has 0 spiro atoms. The molecule has 3 heteroatoms. The van der Waals surface area contributed by atoms with E-state index in [-0.39, 0.29) is 0 Å². The lowest BCUT2D eigenvalue weighted by Crippen LogP contribution is -2.10. The summed E-state index contributed by atoms with van der Waals surface area (Å²) in [7, 11) is 4.08. The standard InChI is InChI=1S/C9H13BrN2/c1-12(2)6-7-3-8(10)5-9(11)4-7/h3-5H,6,11H2,1-2H3. The van der Waals surface area contributed by atoms with E-state index in [1.54, 1.807) is 0 Å². The summed E-state index contributed by atoms with van der Waals surface area (Å²) in [6, 6.07) is 5.97. The van der Waals surface area contributed by atoms with Gasteiger partial charge in [0.05, 0.1) is 0 Å². The molecule has 0 aliphatic carbocycles. The topological polar surface area (TPSA) is 29.3 Å². The number of hydrogen-bond acceptors (Lipinski definition) is 2. The van der Waals surface area contributed by atoms with Crippen molar-refractivity contribution in [3.63, 3.8) is 0 Å². The fourth-order valence-corrected chi connectivity index (χ4v) is 1.69. The normalized spacial score (nSPS) is 10.7. The highest BCUT2D eigenvalue weighted by Gasteiger charge is 1.97. The molecule has 66 valence electrons. The molecule has 0 aliphatic rings. The highest BCUT2D eigenvalue weighted by molar-refractivity contribution is 9.10. The SMILES string of the molecule is CN(C)Cc1cc(N)cc(Br)c1. The smallest absolute Gasteiger partial charge is 0.0328 e. The Bertz CT molecular complexity index is 251. The Balaban J connectivity index is 2.85. The maximum Gasteiger partial charge on any atom is 0.0328 e. The van der Waals surface area contributed by atoms with E-state index in [0.717, 1.165) is 16.7 Å². The second-order valence-electron chi connectivity index (χ2n) is 3.13. The van der Waals surface area contributed by atoms with Crippen molar-refractivity contribution in [2.24, 2.45) is 0 Å². The van der Waals surface area contributed by atoms with Crippen LogP contribution in [0.5, 0.6) is 0 Å². The third kappa shape index (κ3) is 2.83. The zero-order valence-electron chi connectivity index (χ0n) is 7.34. The molecule has 0 unspecified atom stereocenters. The van der Waals surface area contributed by atoms with Crippen LogP contribution in [-0.4, -0.2) is 19.0 Å². The van der Waals surface area contributed by atoms with Gasteiger partial charge < -0.3 is 10.6 Å². The van der Waals surface area contributed by atoms with Gasteiger partial charge in [-0.25, -0.2) is 0 Å². The van der Waals surface area contributed by atoms with Gasteiger partial charge in [0.25, 0.3) is 0 Å². The van der Waals surface area contributed by atoms with Gasteiger partial charge in [0.2, 0.25) is 0 Å². The van der Waals surface area contributed by atoms with E-state index in [9.17, 15) is 0 Å². The summed E-state index contributed by atoms with van der Waals surface area (Å²) in [6.07, 6.45) is 0. The Morgan fingerprint density at radius 1 is 1.33 bits per heavy atom. The van der Waals surface area contributed by atoms with E-state index in [2.05, 4.69) is 26.9 Å². The molecular formula is C9H13BrN2. The summed E-state index contributed by atoms with van der Waals surface area (Å²) in [5, 5.41) is 0. The summed E-state index contributed by atoms with van der Waals surface area (Å²) in [6.45, 7) is 0.920. The average Bonchev–Trinajstić information content (AvgIpc) is 1.81. The first-order valence-corrected chi connectivity index (χ1v) is 4.57. The van der Waals surface area contributed by atoms with Crippen molar-refractivity contribution in [2.45, 2.75) is 6.54 Å². The lowest BCUT2D eigenvalue weighted by molar-refractivity contribution is 0.402. The van der Waals surface area contributed by atoms with Crippen molar-refractivity contribution < 1.29 is 0 Å². The molecule has 1 aromatic rings. The number of nitrogens with zero attached hydrogens (tertiary/aromatic N) is 1. The molecule has 0 bridgehead atoms. The molecule has 1 aromatic carbocycles. The Labute approximate surface area is 81.5 Å². The second kappa shape index (κ2) is 3.92. The van der Waals surface area contributed by atoms with Crippen molar-refractivity contribution in [3.8, 4) is 0 Å². The monoisotopic (exact) mass is 228 g/mol. The fourth-order valence-electron chi connectivity index (χ4n) is 1.13. The Morgan fingerprint density at radius 2 is 2.00 bits per heavy atom.